The summed E-state index contributed by atoms with van der Waals surface area (Å²) in [5, 5.41) is 18.0. The Balaban J connectivity index is 1.65. The number of aryl methyl sites for hydroxylation is 1. The summed E-state index contributed by atoms with van der Waals surface area (Å²) in [4.78, 5) is 8.40. The maximum Gasteiger partial charge on any atom is 0.208 e. The van der Waals surface area contributed by atoms with E-state index in [2.05, 4.69) is 20.2 Å². The monoisotopic (exact) mass is 312 g/mol. The van der Waals surface area contributed by atoms with Crippen LogP contribution in [0.3, 0.4) is 0 Å². The topological polar surface area (TPSA) is 74.7 Å². The first-order valence-electron chi connectivity index (χ1n) is 6.93. The normalized spacial score (nSPS) is 12.3. The van der Waals surface area contributed by atoms with Gasteiger partial charge < -0.3 is 5.11 Å². The van der Waals surface area contributed by atoms with Gasteiger partial charge in [-0.2, -0.15) is 0 Å². The Kier molecular flexibility index (Phi) is 4.50. The number of aromatic nitrogens is 4. The molecule has 6 heteroatoms. The second-order valence-corrected chi connectivity index (χ2v) is 5.87. The maximum atomic E-state index is 10.3. The van der Waals surface area contributed by atoms with Gasteiger partial charge in [0.25, 0.3) is 0 Å². The summed E-state index contributed by atoms with van der Waals surface area (Å²) in [6.07, 6.45) is 2.90. The molecule has 5 nitrogen and oxygen atoms in total. The van der Waals surface area contributed by atoms with Gasteiger partial charge in [-0.1, -0.05) is 36.0 Å². The van der Waals surface area contributed by atoms with Crippen LogP contribution in [0.2, 0.25) is 0 Å². The van der Waals surface area contributed by atoms with Crippen LogP contribution < -0.4 is 0 Å². The van der Waals surface area contributed by atoms with Crippen molar-refractivity contribution in [1.29, 1.82) is 0 Å². The molecule has 1 atom stereocenters. The fraction of sp³-hybridized carbons (Fsp3) is 0.188. The zero-order valence-corrected chi connectivity index (χ0v) is 12.9. The van der Waals surface area contributed by atoms with Crippen molar-refractivity contribution < 1.29 is 5.11 Å². The molecule has 2 heterocycles. The van der Waals surface area contributed by atoms with E-state index >= 15 is 0 Å². The zero-order chi connectivity index (χ0) is 15.4. The Bertz CT molecular complexity index is 745. The highest BCUT2D eigenvalue weighted by Crippen LogP contribution is 2.25. The molecule has 0 aliphatic carbocycles. The van der Waals surface area contributed by atoms with Crippen LogP contribution in [-0.4, -0.2) is 31.0 Å². The minimum Gasteiger partial charge on any atom is -0.388 e. The number of aromatic amines is 1. The number of aliphatic hydroxyl groups is 1. The summed E-state index contributed by atoms with van der Waals surface area (Å²) < 4.78 is 0. The van der Waals surface area contributed by atoms with E-state index in [1.807, 2.05) is 43.3 Å². The van der Waals surface area contributed by atoms with Crippen LogP contribution in [0.1, 0.15) is 17.2 Å². The van der Waals surface area contributed by atoms with Gasteiger partial charge in [0.1, 0.15) is 0 Å². The maximum absolute atomic E-state index is 10.3. The molecule has 0 bridgehead atoms. The standard InChI is InChI=1S/C16H16N4OS/c1-11-4-2-3-5-13(11)14(21)10-22-16-18-15(19-20-16)12-6-8-17-9-7-12/h2-9,14,21H,10H2,1H3,(H,18,19,20). The van der Waals surface area contributed by atoms with E-state index in [-0.39, 0.29) is 0 Å². The lowest BCUT2D eigenvalue weighted by Gasteiger charge is -2.11. The molecule has 3 aromatic rings. The van der Waals surface area contributed by atoms with Gasteiger partial charge in [-0.15, -0.1) is 5.10 Å². The van der Waals surface area contributed by atoms with Gasteiger partial charge >= 0.3 is 0 Å². The van der Waals surface area contributed by atoms with E-state index in [0.29, 0.717) is 16.7 Å². The molecule has 0 aliphatic rings. The van der Waals surface area contributed by atoms with Crippen molar-refractivity contribution in [3.05, 3.63) is 59.9 Å². The van der Waals surface area contributed by atoms with E-state index in [4.69, 9.17) is 0 Å². The number of hydrogen-bond acceptors (Lipinski definition) is 5. The molecule has 0 saturated carbocycles. The fourth-order valence-electron chi connectivity index (χ4n) is 2.15. The van der Waals surface area contributed by atoms with Gasteiger partial charge in [-0.3, -0.25) is 10.1 Å². The van der Waals surface area contributed by atoms with Crippen LogP contribution in [-0.2, 0) is 0 Å². The molecule has 2 N–H and O–H groups in total. The predicted molar refractivity (Wildman–Crippen MR) is 86.5 cm³/mol. The fourth-order valence-corrected chi connectivity index (χ4v) is 2.91. The van der Waals surface area contributed by atoms with Gasteiger partial charge in [0.05, 0.1) is 6.10 Å². The Morgan fingerprint density at radius 2 is 1.95 bits per heavy atom. The molecule has 2 aromatic heterocycles. The first-order chi connectivity index (χ1) is 10.7. The number of benzene rings is 1. The average Bonchev–Trinajstić information content (AvgIpc) is 3.03. The Labute approximate surface area is 132 Å². The van der Waals surface area contributed by atoms with Gasteiger partial charge in [-0.05, 0) is 30.2 Å². The number of thioether (sulfide) groups is 1. The number of nitrogens with zero attached hydrogens (tertiary/aromatic N) is 3. The molecule has 0 amide bonds. The van der Waals surface area contributed by atoms with Crippen molar-refractivity contribution in [2.45, 2.75) is 18.2 Å². The van der Waals surface area contributed by atoms with Gasteiger partial charge in [0, 0.05) is 23.7 Å². The van der Waals surface area contributed by atoms with Crippen LogP contribution in [0, 0.1) is 6.92 Å². The van der Waals surface area contributed by atoms with Crippen LogP contribution in [0.5, 0.6) is 0 Å². The van der Waals surface area contributed by atoms with Crippen molar-refractivity contribution in [3.8, 4) is 11.4 Å². The summed E-state index contributed by atoms with van der Waals surface area (Å²) in [5.74, 6) is 1.22. The molecule has 0 spiro atoms. The SMILES string of the molecule is Cc1ccccc1C(O)CSc1n[nH]c(-c2ccncc2)n1. The van der Waals surface area contributed by atoms with E-state index < -0.39 is 6.10 Å². The van der Waals surface area contributed by atoms with E-state index in [1.165, 1.54) is 11.8 Å². The molecule has 0 saturated heterocycles. The van der Waals surface area contributed by atoms with Crippen molar-refractivity contribution in [2.24, 2.45) is 0 Å². The second kappa shape index (κ2) is 6.72. The third kappa shape index (κ3) is 3.35. The smallest absolute Gasteiger partial charge is 0.208 e. The van der Waals surface area contributed by atoms with Crippen molar-refractivity contribution in [2.75, 3.05) is 5.75 Å². The van der Waals surface area contributed by atoms with Gasteiger partial charge in [0.15, 0.2) is 5.82 Å². The molecule has 0 fully saturated rings. The molecule has 1 aromatic carbocycles. The molecule has 1 unspecified atom stereocenters. The highest BCUT2D eigenvalue weighted by Gasteiger charge is 2.12. The van der Waals surface area contributed by atoms with E-state index in [9.17, 15) is 5.11 Å². The Hall–Kier alpha value is -2.18. The Morgan fingerprint density at radius 1 is 1.18 bits per heavy atom. The number of aliphatic hydroxyl groups excluding tert-OH is 1. The lowest BCUT2D eigenvalue weighted by molar-refractivity contribution is 0.203. The largest absolute Gasteiger partial charge is 0.388 e. The molecule has 0 aliphatic heterocycles. The summed E-state index contributed by atoms with van der Waals surface area (Å²) >= 11 is 1.43. The minimum atomic E-state index is -0.533. The van der Waals surface area contributed by atoms with E-state index in [1.54, 1.807) is 12.4 Å². The molecule has 22 heavy (non-hydrogen) atoms. The zero-order valence-electron chi connectivity index (χ0n) is 12.1. The summed E-state index contributed by atoms with van der Waals surface area (Å²) in [7, 11) is 0. The number of H-pyrrole nitrogens is 1. The average molecular weight is 312 g/mol. The van der Waals surface area contributed by atoms with Gasteiger partial charge in [-0.25, -0.2) is 4.98 Å². The third-order valence-electron chi connectivity index (χ3n) is 3.34. The lowest BCUT2D eigenvalue weighted by atomic mass is 10.1. The van der Waals surface area contributed by atoms with Crippen LogP contribution in [0.15, 0.2) is 53.9 Å². The van der Waals surface area contributed by atoms with Crippen LogP contribution in [0.4, 0.5) is 0 Å². The highest BCUT2D eigenvalue weighted by atomic mass is 32.2. The number of hydrogen-bond donors (Lipinski definition) is 2. The van der Waals surface area contributed by atoms with Crippen LogP contribution in [0.25, 0.3) is 11.4 Å². The number of rotatable bonds is 5. The molecule has 0 radical (unpaired) electrons. The third-order valence-corrected chi connectivity index (χ3v) is 4.26. The van der Waals surface area contributed by atoms with Crippen molar-refractivity contribution in [1.82, 2.24) is 20.2 Å². The number of pyridine rings is 1. The first kappa shape index (κ1) is 14.7. The summed E-state index contributed by atoms with van der Waals surface area (Å²) in [5.41, 5.74) is 2.97. The van der Waals surface area contributed by atoms with Crippen LogP contribution >= 0.6 is 11.8 Å². The van der Waals surface area contributed by atoms with E-state index in [0.717, 1.165) is 16.7 Å². The van der Waals surface area contributed by atoms with Crippen molar-refractivity contribution >= 4 is 11.8 Å². The first-order valence-corrected chi connectivity index (χ1v) is 7.92. The highest BCUT2D eigenvalue weighted by molar-refractivity contribution is 7.99. The Morgan fingerprint density at radius 3 is 2.73 bits per heavy atom. The molecular formula is C16H16N4OS. The summed E-state index contributed by atoms with van der Waals surface area (Å²) in [6.45, 7) is 2.00. The number of nitrogens with one attached hydrogen (secondary N) is 1. The summed E-state index contributed by atoms with van der Waals surface area (Å²) in [6, 6.07) is 11.6. The quantitative estimate of drug-likeness (QED) is 0.708. The molecular weight excluding hydrogens is 296 g/mol. The van der Waals surface area contributed by atoms with Gasteiger partial charge in [0.2, 0.25) is 5.16 Å². The lowest BCUT2D eigenvalue weighted by Crippen LogP contribution is -2.02. The molecule has 112 valence electrons. The minimum absolute atomic E-state index is 0.512. The second-order valence-electron chi connectivity index (χ2n) is 4.89. The molecule has 3 rings (SSSR count). The van der Waals surface area contributed by atoms with Crippen molar-refractivity contribution in [3.63, 3.8) is 0 Å². The predicted octanol–water partition coefficient (Wildman–Crippen LogP) is 3.00.